The Balaban J connectivity index is 1.89. The summed E-state index contributed by atoms with van der Waals surface area (Å²) in [6.45, 7) is 6.98. The molecule has 4 rings (SSSR count). The minimum absolute atomic E-state index is 0.195. The Kier molecular flexibility index (Phi) is 4.65. The lowest BCUT2D eigenvalue weighted by atomic mass is 10.0. The summed E-state index contributed by atoms with van der Waals surface area (Å²) in [5.74, 6) is 1.71. The predicted octanol–water partition coefficient (Wildman–Crippen LogP) is 4.12. The van der Waals surface area contributed by atoms with Gasteiger partial charge in [-0.1, -0.05) is 30.3 Å². The van der Waals surface area contributed by atoms with Crippen molar-refractivity contribution in [3.63, 3.8) is 0 Å². The van der Waals surface area contributed by atoms with Crippen LogP contribution in [-0.4, -0.2) is 42.4 Å². The van der Waals surface area contributed by atoms with Crippen molar-refractivity contribution in [2.45, 2.75) is 26.1 Å². The van der Waals surface area contributed by atoms with Crippen molar-refractivity contribution in [2.24, 2.45) is 0 Å². The number of aromatic nitrogens is 2. The van der Waals surface area contributed by atoms with Crippen LogP contribution < -0.4 is 4.90 Å². The standard InChI is InChI=1S/C20H23N3O2S/c1-20(2)13-23(9-10-25-20)18-17-15(14-7-5-4-6-8-14)12-26-19(17)22-16(21-18)11-24-3/h4-8,12H,9-11,13H2,1-3H3. The molecule has 1 saturated heterocycles. The molecule has 0 saturated carbocycles. The topological polar surface area (TPSA) is 47.5 Å². The maximum absolute atomic E-state index is 5.90. The van der Waals surface area contributed by atoms with Gasteiger partial charge in [-0.2, -0.15) is 0 Å². The number of ether oxygens (including phenoxy) is 2. The molecule has 0 spiro atoms. The minimum atomic E-state index is -0.195. The number of thiophene rings is 1. The molecule has 5 nitrogen and oxygen atoms in total. The third-order valence-electron chi connectivity index (χ3n) is 4.54. The number of hydrogen-bond acceptors (Lipinski definition) is 6. The SMILES string of the molecule is COCc1nc(N2CCOC(C)(C)C2)c2c(-c3ccccc3)csc2n1. The quantitative estimate of drug-likeness (QED) is 0.692. The molecular formula is C20H23N3O2S. The maximum atomic E-state index is 5.90. The number of fused-ring (bicyclic) bond motifs is 1. The van der Waals surface area contributed by atoms with E-state index in [1.807, 2.05) is 6.07 Å². The van der Waals surface area contributed by atoms with Crippen molar-refractivity contribution >= 4 is 27.4 Å². The first kappa shape index (κ1) is 17.4. The molecule has 0 atom stereocenters. The third-order valence-corrected chi connectivity index (χ3v) is 5.42. The Hall–Kier alpha value is -2.02. The first-order chi connectivity index (χ1) is 12.6. The van der Waals surface area contributed by atoms with E-state index in [4.69, 9.17) is 19.4 Å². The fourth-order valence-corrected chi connectivity index (χ4v) is 4.38. The molecule has 0 aliphatic carbocycles. The predicted molar refractivity (Wildman–Crippen MR) is 106 cm³/mol. The van der Waals surface area contributed by atoms with Crippen molar-refractivity contribution < 1.29 is 9.47 Å². The number of hydrogen-bond donors (Lipinski definition) is 0. The molecule has 136 valence electrons. The molecule has 0 unspecified atom stereocenters. The van der Waals surface area contributed by atoms with E-state index in [-0.39, 0.29) is 5.60 Å². The van der Waals surface area contributed by atoms with Crippen molar-refractivity contribution in [2.75, 3.05) is 31.7 Å². The molecular weight excluding hydrogens is 346 g/mol. The second kappa shape index (κ2) is 6.95. The van der Waals surface area contributed by atoms with Gasteiger partial charge in [-0.15, -0.1) is 11.3 Å². The van der Waals surface area contributed by atoms with E-state index in [9.17, 15) is 0 Å². The van der Waals surface area contributed by atoms with Gasteiger partial charge in [0.15, 0.2) is 5.82 Å². The van der Waals surface area contributed by atoms with Gasteiger partial charge in [-0.25, -0.2) is 9.97 Å². The molecule has 1 fully saturated rings. The fourth-order valence-electron chi connectivity index (χ4n) is 3.42. The number of rotatable bonds is 4. The van der Waals surface area contributed by atoms with Gasteiger partial charge in [0, 0.05) is 31.1 Å². The molecule has 2 aromatic heterocycles. The Bertz CT molecular complexity index is 908. The molecule has 0 radical (unpaired) electrons. The summed E-state index contributed by atoms with van der Waals surface area (Å²) in [5.41, 5.74) is 2.18. The summed E-state index contributed by atoms with van der Waals surface area (Å²) >= 11 is 1.66. The highest BCUT2D eigenvalue weighted by atomic mass is 32.1. The van der Waals surface area contributed by atoms with Gasteiger partial charge < -0.3 is 14.4 Å². The van der Waals surface area contributed by atoms with Gasteiger partial charge >= 0.3 is 0 Å². The molecule has 26 heavy (non-hydrogen) atoms. The zero-order valence-corrected chi connectivity index (χ0v) is 16.2. The van der Waals surface area contributed by atoms with Crippen molar-refractivity contribution in [3.05, 3.63) is 41.5 Å². The van der Waals surface area contributed by atoms with Crippen LogP contribution in [0.4, 0.5) is 5.82 Å². The third kappa shape index (κ3) is 3.32. The first-order valence-corrected chi connectivity index (χ1v) is 9.67. The van der Waals surface area contributed by atoms with Crippen LogP contribution in [0.1, 0.15) is 19.7 Å². The Morgan fingerprint density at radius 3 is 2.77 bits per heavy atom. The summed E-state index contributed by atoms with van der Waals surface area (Å²) in [4.78, 5) is 12.9. The van der Waals surface area contributed by atoms with Gasteiger partial charge in [0.05, 0.1) is 17.6 Å². The molecule has 3 heterocycles. The van der Waals surface area contributed by atoms with Gasteiger partial charge in [0.2, 0.25) is 0 Å². The van der Waals surface area contributed by atoms with Crippen LogP contribution in [0.15, 0.2) is 35.7 Å². The van der Waals surface area contributed by atoms with Crippen molar-refractivity contribution in [1.29, 1.82) is 0 Å². The number of anilines is 1. The van der Waals surface area contributed by atoms with Crippen LogP contribution in [-0.2, 0) is 16.1 Å². The lowest BCUT2D eigenvalue weighted by molar-refractivity contribution is -0.0278. The summed E-state index contributed by atoms with van der Waals surface area (Å²) in [5, 5.41) is 3.30. The molecule has 0 N–H and O–H groups in total. The van der Waals surface area contributed by atoms with Crippen molar-refractivity contribution in [3.8, 4) is 11.1 Å². The Morgan fingerprint density at radius 1 is 1.23 bits per heavy atom. The average molecular weight is 369 g/mol. The van der Waals surface area contributed by atoms with Crippen molar-refractivity contribution in [1.82, 2.24) is 9.97 Å². The average Bonchev–Trinajstić information content (AvgIpc) is 3.05. The molecule has 0 bridgehead atoms. The maximum Gasteiger partial charge on any atom is 0.158 e. The van der Waals surface area contributed by atoms with E-state index in [1.165, 1.54) is 11.1 Å². The van der Waals surface area contributed by atoms with E-state index in [0.29, 0.717) is 13.2 Å². The minimum Gasteiger partial charge on any atom is -0.377 e. The molecule has 1 aliphatic rings. The number of methoxy groups -OCH3 is 1. The van der Waals surface area contributed by atoms with Gasteiger partial charge in [-0.3, -0.25) is 0 Å². The van der Waals surface area contributed by atoms with E-state index in [1.54, 1.807) is 18.4 Å². The van der Waals surface area contributed by atoms with Crippen LogP contribution in [0, 0.1) is 0 Å². The number of benzene rings is 1. The zero-order chi connectivity index (χ0) is 18.1. The lowest BCUT2D eigenvalue weighted by Gasteiger charge is -2.39. The summed E-state index contributed by atoms with van der Waals surface area (Å²) in [6, 6.07) is 10.4. The summed E-state index contributed by atoms with van der Waals surface area (Å²) in [7, 11) is 1.68. The first-order valence-electron chi connectivity index (χ1n) is 8.79. The van der Waals surface area contributed by atoms with Gasteiger partial charge in [0.25, 0.3) is 0 Å². The largest absolute Gasteiger partial charge is 0.377 e. The van der Waals surface area contributed by atoms with E-state index >= 15 is 0 Å². The number of nitrogens with zero attached hydrogens (tertiary/aromatic N) is 3. The van der Waals surface area contributed by atoms with E-state index in [2.05, 4.69) is 48.4 Å². The van der Waals surface area contributed by atoms with Gasteiger partial charge in [-0.05, 0) is 19.4 Å². The Labute approximate surface area is 157 Å². The van der Waals surface area contributed by atoms with Crippen LogP contribution in [0.25, 0.3) is 21.3 Å². The van der Waals surface area contributed by atoms with E-state index < -0.39 is 0 Å². The molecule has 6 heteroatoms. The lowest BCUT2D eigenvalue weighted by Crippen LogP contribution is -2.48. The zero-order valence-electron chi connectivity index (χ0n) is 15.4. The molecule has 0 amide bonds. The fraction of sp³-hybridized carbons (Fsp3) is 0.400. The highest BCUT2D eigenvalue weighted by Gasteiger charge is 2.30. The van der Waals surface area contributed by atoms with Crippen LogP contribution >= 0.6 is 11.3 Å². The van der Waals surface area contributed by atoms with Gasteiger partial charge in [0.1, 0.15) is 17.3 Å². The molecule has 1 aliphatic heterocycles. The number of morpholine rings is 1. The molecule has 1 aromatic carbocycles. The smallest absolute Gasteiger partial charge is 0.158 e. The highest BCUT2D eigenvalue weighted by Crippen LogP contribution is 2.39. The summed E-state index contributed by atoms with van der Waals surface area (Å²) in [6.07, 6.45) is 0. The normalized spacial score (nSPS) is 17.0. The summed E-state index contributed by atoms with van der Waals surface area (Å²) < 4.78 is 11.2. The monoisotopic (exact) mass is 369 g/mol. The second-order valence-corrected chi connectivity index (χ2v) is 7.98. The van der Waals surface area contributed by atoms with Crippen LogP contribution in [0.3, 0.4) is 0 Å². The molecule has 3 aromatic rings. The highest BCUT2D eigenvalue weighted by molar-refractivity contribution is 7.17. The van der Waals surface area contributed by atoms with Crippen LogP contribution in [0.2, 0.25) is 0 Å². The van der Waals surface area contributed by atoms with E-state index in [0.717, 1.165) is 34.9 Å². The second-order valence-electron chi connectivity index (χ2n) is 7.12. The Morgan fingerprint density at radius 2 is 2.04 bits per heavy atom. The van der Waals surface area contributed by atoms with Crippen LogP contribution in [0.5, 0.6) is 0 Å².